The van der Waals surface area contributed by atoms with Crippen LogP contribution >= 0.6 is 0 Å². The molecule has 3 aromatic rings. The lowest BCUT2D eigenvalue weighted by Crippen LogP contribution is -2.40. The van der Waals surface area contributed by atoms with Crippen LogP contribution in [-0.2, 0) is 19.6 Å². The molecule has 0 fully saturated rings. The Morgan fingerprint density at radius 2 is 1.66 bits per heavy atom. The number of rotatable bonds is 8. The molecule has 7 nitrogen and oxygen atoms in total. The third kappa shape index (κ3) is 5.45. The van der Waals surface area contributed by atoms with Gasteiger partial charge in [-0.05, 0) is 40.6 Å². The normalized spacial score (nSPS) is 12.3. The molecule has 0 heterocycles. The smallest absolute Gasteiger partial charge is 0.246 e. The first kappa shape index (κ1) is 23.3. The molecule has 0 radical (unpaired) electrons. The van der Waals surface area contributed by atoms with Crippen molar-refractivity contribution in [3.8, 4) is 0 Å². The summed E-state index contributed by atoms with van der Waals surface area (Å²) in [4.78, 5) is 24.5. The number of fused-ring (bicyclic) bond motifs is 1. The molecule has 0 saturated heterocycles. The first-order valence-electron chi connectivity index (χ1n) is 9.65. The molecule has 0 saturated carbocycles. The van der Waals surface area contributed by atoms with Gasteiger partial charge >= 0.3 is 0 Å². The average molecular weight is 461 g/mol. The lowest BCUT2D eigenvalue weighted by Gasteiger charge is -2.18. The number of hydrogen-bond acceptors (Lipinski definition) is 4. The first-order chi connectivity index (χ1) is 15.2. The molecule has 0 aliphatic rings. The van der Waals surface area contributed by atoms with Crippen molar-refractivity contribution in [3.63, 3.8) is 0 Å². The highest BCUT2D eigenvalue weighted by molar-refractivity contribution is 7.89. The van der Waals surface area contributed by atoms with Crippen LogP contribution in [0.4, 0.5) is 8.78 Å². The Hall–Kier alpha value is -3.37. The molecule has 0 aliphatic carbocycles. The molecule has 32 heavy (non-hydrogen) atoms. The molecule has 3 aromatic carbocycles. The lowest BCUT2D eigenvalue weighted by atomic mass is 10.1. The van der Waals surface area contributed by atoms with E-state index >= 15 is 0 Å². The van der Waals surface area contributed by atoms with Crippen molar-refractivity contribution in [2.24, 2.45) is 0 Å². The molecule has 0 aliphatic heterocycles. The molecular weight excluding hydrogens is 440 g/mol. The molecule has 1 atom stereocenters. The van der Waals surface area contributed by atoms with Gasteiger partial charge in [0.1, 0.15) is 6.04 Å². The number of hydrogen-bond donors (Lipinski definition) is 3. The van der Waals surface area contributed by atoms with E-state index in [2.05, 4.69) is 15.4 Å². The van der Waals surface area contributed by atoms with Gasteiger partial charge in [0.05, 0.1) is 4.90 Å². The second kappa shape index (κ2) is 9.84. The number of benzene rings is 3. The van der Waals surface area contributed by atoms with E-state index in [1.54, 1.807) is 18.2 Å². The molecule has 3 N–H and O–H groups in total. The number of amides is 2. The van der Waals surface area contributed by atoms with Crippen LogP contribution in [0, 0.1) is 11.6 Å². The SMILES string of the molecule is CNC(=O)C(NC(=O)CCNS(=O)(=O)c1ccc2ccccc2c1)c1ccc(F)c(F)c1. The van der Waals surface area contributed by atoms with Crippen LogP contribution in [0.2, 0.25) is 0 Å². The highest BCUT2D eigenvalue weighted by Gasteiger charge is 2.23. The Kier molecular flexibility index (Phi) is 7.16. The second-order valence-corrected chi connectivity index (χ2v) is 8.71. The summed E-state index contributed by atoms with van der Waals surface area (Å²) in [5, 5.41) is 6.39. The van der Waals surface area contributed by atoms with Crippen molar-refractivity contribution in [1.82, 2.24) is 15.4 Å². The Balaban J connectivity index is 1.64. The van der Waals surface area contributed by atoms with E-state index in [-0.39, 0.29) is 23.4 Å². The minimum Gasteiger partial charge on any atom is -0.357 e. The monoisotopic (exact) mass is 461 g/mol. The van der Waals surface area contributed by atoms with Crippen LogP contribution in [0.3, 0.4) is 0 Å². The van der Waals surface area contributed by atoms with Crippen molar-refractivity contribution in [2.45, 2.75) is 17.4 Å². The summed E-state index contributed by atoms with van der Waals surface area (Å²) in [5.74, 6) is -3.53. The van der Waals surface area contributed by atoms with Gasteiger partial charge in [-0.25, -0.2) is 21.9 Å². The minimum absolute atomic E-state index is 0.0494. The summed E-state index contributed by atoms with van der Waals surface area (Å²) in [5.41, 5.74) is 0.0494. The zero-order valence-electron chi connectivity index (χ0n) is 17.1. The lowest BCUT2D eigenvalue weighted by molar-refractivity contribution is -0.128. The molecule has 168 valence electrons. The number of nitrogens with one attached hydrogen (secondary N) is 3. The summed E-state index contributed by atoms with van der Waals surface area (Å²) in [6, 6.07) is 13.6. The van der Waals surface area contributed by atoms with Crippen LogP contribution in [0.5, 0.6) is 0 Å². The van der Waals surface area contributed by atoms with Gasteiger partial charge in [-0.3, -0.25) is 9.59 Å². The predicted molar refractivity (Wildman–Crippen MR) is 115 cm³/mol. The zero-order valence-corrected chi connectivity index (χ0v) is 17.9. The van der Waals surface area contributed by atoms with E-state index in [4.69, 9.17) is 0 Å². The fourth-order valence-electron chi connectivity index (χ4n) is 3.09. The van der Waals surface area contributed by atoms with Gasteiger partial charge in [0.2, 0.25) is 21.8 Å². The van der Waals surface area contributed by atoms with Crippen LogP contribution in [0.15, 0.2) is 65.6 Å². The van der Waals surface area contributed by atoms with Gasteiger partial charge in [0.15, 0.2) is 11.6 Å². The summed E-state index contributed by atoms with van der Waals surface area (Å²) in [6.07, 6.45) is -0.274. The number of carbonyl (C=O) groups excluding carboxylic acids is 2. The third-order valence-electron chi connectivity index (χ3n) is 4.77. The summed E-state index contributed by atoms with van der Waals surface area (Å²) in [7, 11) is -2.53. The molecule has 1 unspecified atom stereocenters. The maximum atomic E-state index is 13.5. The Morgan fingerprint density at radius 1 is 0.938 bits per heavy atom. The van der Waals surface area contributed by atoms with E-state index in [0.717, 1.165) is 22.9 Å². The Labute approximate surface area is 183 Å². The van der Waals surface area contributed by atoms with Crippen LogP contribution in [0.25, 0.3) is 10.8 Å². The topological polar surface area (TPSA) is 104 Å². The predicted octanol–water partition coefficient (Wildman–Crippen LogP) is 2.39. The fraction of sp³-hybridized carbons (Fsp3) is 0.182. The van der Waals surface area contributed by atoms with E-state index in [1.807, 2.05) is 12.1 Å². The number of halogens is 2. The highest BCUT2D eigenvalue weighted by Crippen LogP contribution is 2.19. The van der Waals surface area contributed by atoms with Gasteiger partial charge in [-0.2, -0.15) is 0 Å². The van der Waals surface area contributed by atoms with E-state index in [0.29, 0.717) is 0 Å². The molecule has 0 bridgehead atoms. The molecule has 2 amide bonds. The maximum absolute atomic E-state index is 13.5. The molecule has 0 aromatic heterocycles. The Morgan fingerprint density at radius 3 is 2.34 bits per heavy atom. The van der Waals surface area contributed by atoms with Crippen molar-refractivity contribution < 1.29 is 26.8 Å². The highest BCUT2D eigenvalue weighted by atomic mass is 32.2. The standard InChI is InChI=1S/C22H21F2N3O4S/c1-25-22(29)21(16-7-9-18(23)19(24)13-16)27-20(28)10-11-26-32(30,31)17-8-6-14-4-2-3-5-15(14)12-17/h2-9,12-13,21,26H,10-11H2,1H3,(H,25,29)(H,27,28). The maximum Gasteiger partial charge on any atom is 0.246 e. The van der Waals surface area contributed by atoms with Gasteiger partial charge in [-0.15, -0.1) is 0 Å². The van der Waals surface area contributed by atoms with Crippen molar-refractivity contribution in [1.29, 1.82) is 0 Å². The number of sulfonamides is 1. The number of carbonyl (C=O) groups is 2. The van der Waals surface area contributed by atoms with Gasteiger partial charge in [-0.1, -0.05) is 36.4 Å². The number of likely N-dealkylation sites (N-methyl/N-ethyl adjacent to an activating group) is 1. The largest absolute Gasteiger partial charge is 0.357 e. The molecule has 10 heteroatoms. The minimum atomic E-state index is -3.86. The second-order valence-electron chi connectivity index (χ2n) is 6.95. The third-order valence-corrected chi connectivity index (χ3v) is 6.22. The van der Waals surface area contributed by atoms with Gasteiger partial charge in [0.25, 0.3) is 0 Å². The van der Waals surface area contributed by atoms with E-state index in [9.17, 15) is 26.8 Å². The molecule has 3 rings (SSSR count). The molecule has 0 spiro atoms. The quantitative estimate of drug-likeness (QED) is 0.479. The van der Waals surface area contributed by atoms with Crippen LogP contribution in [0.1, 0.15) is 18.0 Å². The summed E-state index contributed by atoms with van der Waals surface area (Å²) >= 11 is 0. The summed E-state index contributed by atoms with van der Waals surface area (Å²) < 4.78 is 54.2. The van der Waals surface area contributed by atoms with E-state index in [1.165, 1.54) is 25.2 Å². The average Bonchev–Trinajstić information content (AvgIpc) is 2.78. The fourth-order valence-corrected chi connectivity index (χ4v) is 4.15. The zero-order chi connectivity index (χ0) is 23.3. The van der Waals surface area contributed by atoms with Crippen LogP contribution in [-0.4, -0.2) is 33.8 Å². The Bertz CT molecular complexity index is 1270. The first-order valence-corrected chi connectivity index (χ1v) is 11.1. The molecular formula is C22H21F2N3O4S. The van der Waals surface area contributed by atoms with Gasteiger partial charge in [0, 0.05) is 20.0 Å². The van der Waals surface area contributed by atoms with Crippen molar-refractivity contribution in [2.75, 3.05) is 13.6 Å². The van der Waals surface area contributed by atoms with E-state index < -0.39 is 39.5 Å². The summed E-state index contributed by atoms with van der Waals surface area (Å²) in [6.45, 7) is -0.223. The van der Waals surface area contributed by atoms with Crippen molar-refractivity contribution in [3.05, 3.63) is 77.9 Å². The van der Waals surface area contributed by atoms with Crippen LogP contribution < -0.4 is 15.4 Å². The van der Waals surface area contributed by atoms with Gasteiger partial charge < -0.3 is 10.6 Å². The van der Waals surface area contributed by atoms with Crippen molar-refractivity contribution >= 4 is 32.6 Å².